The molecule has 0 aliphatic carbocycles. The Morgan fingerprint density at radius 2 is 0.526 bits per heavy atom. The van der Waals surface area contributed by atoms with Crippen LogP contribution in [0, 0.1) is 0 Å². The molecule has 0 radical (unpaired) electrons. The van der Waals surface area contributed by atoms with Gasteiger partial charge in [0, 0.05) is 99.7 Å². The minimum absolute atomic E-state index is 0.0391. The average molecular weight is 1770 g/mol. The summed E-state index contributed by atoms with van der Waals surface area (Å²) in [6.45, 7) is 4.03. The molecule has 0 atom stereocenters. The molecule has 0 spiro atoms. The molecule has 25 aromatic rings. The maximum Gasteiger partial charge on any atom is 0.252 e. The molecule has 6 heterocycles. The van der Waals surface area contributed by atoms with Gasteiger partial charge in [0.15, 0.2) is 0 Å². The largest absolute Gasteiger partial charge is 0.310 e. The predicted molar refractivity (Wildman–Crippen MR) is 584 cm³/mol. The monoisotopic (exact) mass is 1760 g/mol. The lowest BCUT2D eigenvalue weighted by Gasteiger charge is -2.38. The van der Waals surface area contributed by atoms with Crippen LogP contribution in [0.3, 0.4) is 0 Å². The van der Waals surface area contributed by atoms with E-state index in [2.05, 4.69) is 24.3 Å². The summed E-state index contributed by atoms with van der Waals surface area (Å²) in [5.74, 6) is 0. The van der Waals surface area contributed by atoms with Crippen molar-refractivity contribution in [2.45, 2.75) is 26.2 Å². The van der Waals surface area contributed by atoms with Gasteiger partial charge in [0.2, 0.25) is 0 Å². The highest BCUT2D eigenvalue weighted by Crippen LogP contribution is 2.52. The molecule has 0 bridgehead atoms. The van der Waals surface area contributed by atoms with E-state index in [-0.39, 0.29) is 134 Å². The first-order chi connectivity index (χ1) is 76.1. The van der Waals surface area contributed by atoms with Crippen LogP contribution in [0.4, 0.5) is 34.1 Å². The van der Waals surface area contributed by atoms with Crippen molar-refractivity contribution in [3.05, 3.63) is 490 Å². The summed E-state index contributed by atoms with van der Waals surface area (Å²) in [5, 5.41) is 4.42. The topological polar surface area (TPSA) is 26.2 Å². The number of hydrogen-bond donors (Lipinski definition) is 0. The summed E-state index contributed by atoms with van der Waals surface area (Å²) in [4.78, 5) is 3.35. The second-order valence-corrected chi connectivity index (χ2v) is 36.1. The van der Waals surface area contributed by atoms with E-state index in [9.17, 15) is 27.4 Å². The van der Waals surface area contributed by atoms with Crippen molar-refractivity contribution >= 4 is 188 Å². The van der Waals surface area contributed by atoms with Gasteiger partial charge in [0.05, 0.1) is 82.9 Å². The maximum absolute atomic E-state index is 12.5. The van der Waals surface area contributed by atoms with Crippen LogP contribution >= 0.6 is 0 Å². The SMILES string of the molecule is [2H]c1c2c3c(c([2H])c1C(C)(C)C)-n1c4c(-c5ccccc5)cc(-c5ccccc5)cc4c4ccccc4c4ccccc4c4c(-n5c6c([2H])c([2H])c([2H])c([2H])c6c6c([2H])c(N(c7ccccc7)c7ccccc7)c([2H])c([2H])c65)c([2H])c([2H])c(c41)B3c1c([2H])c([2H])c(-n3c4c([2H])c([2H])c([2H])c([2H])c4c4c([2H])c(N(c5ccccc5)c5ccccc5)c([2H])c([2H])c43)c3c4ccccc4c4ccccc4c4cc(-c5ccccc5)cc(-c5ccccc5)c4n-2c13. The predicted octanol–water partition coefficient (Wildman–Crippen LogP) is 33.0. The Hall–Kier alpha value is -17.5. The fourth-order valence-electron chi connectivity index (χ4n) is 21.3. The Morgan fingerprint density at radius 1 is 0.226 bits per heavy atom. The smallest absolute Gasteiger partial charge is 0.252 e. The molecule has 21 aromatic carbocycles. The van der Waals surface area contributed by atoms with Gasteiger partial charge in [-0.05, 0) is 249 Å². The molecule has 0 N–H and O–H groups in total. The molecule has 2 aliphatic rings. The molecule has 137 heavy (non-hydrogen) atoms. The third-order valence-corrected chi connectivity index (χ3v) is 27.3. The average Bonchev–Trinajstić information content (AvgIpc) is 1.63. The van der Waals surface area contributed by atoms with E-state index < -0.39 is 121 Å². The third-order valence-electron chi connectivity index (χ3n) is 27.3. The zero-order valence-electron chi connectivity index (χ0n) is 94.4. The number of rotatable bonds is 12. The van der Waals surface area contributed by atoms with Crippen LogP contribution in [0.1, 0.15) is 53.7 Å². The van der Waals surface area contributed by atoms with Crippen molar-refractivity contribution in [1.82, 2.24) is 18.3 Å². The molecule has 0 unspecified atom stereocenters. The third kappa shape index (κ3) is 12.5. The van der Waals surface area contributed by atoms with Crippen molar-refractivity contribution in [3.63, 3.8) is 0 Å². The van der Waals surface area contributed by atoms with E-state index in [1.807, 2.05) is 273 Å². The highest BCUT2D eigenvalue weighted by molar-refractivity contribution is 7.00. The number of benzene rings is 21. The first-order valence-corrected chi connectivity index (χ1v) is 46.0. The second-order valence-electron chi connectivity index (χ2n) is 36.1. The van der Waals surface area contributed by atoms with Gasteiger partial charge in [-0.1, -0.05) is 360 Å². The van der Waals surface area contributed by atoms with E-state index in [1.165, 1.54) is 9.13 Å². The molecule has 0 saturated heterocycles. The van der Waals surface area contributed by atoms with E-state index >= 15 is 0 Å². The Labute approximate surface area is 822 Å². The summed E-state index contributed by atoms with van der Waals surface area (Å²) in [5.41, 5.74) is 5.19. The van der Waals surface area contributed by atoms with Crippen LogP contribution in [0.5, 0.6) is 0 Å². The molecule has 27 rings (SSSR count). The minimum atomic E-state index is -1.80. The standard InChI is InChI=1S/C130H89BN6/c1-130(2,3)90-80-121-125-122(81-90)137-127-108(87-46-18-7-19-47-87)77-89(85-42-14-5-15-43-85)79-112(127)102-61-31-29-57-98(102)100-59-33-35-65-106(100)124-120(135-116-67-39-37-63-104(116)110-83-96(69-73-118(110)135)133(93-52-24-10-25-53-93)94-54-26-11-27-55-94)75-71-114(129(124)137)131(125)113-70-74-119(134-115-66-38-36-62-103(115)109-82-95(68-72-117(109)134)132(91-48-20-8-21-49-91)92-50-22-9-23-51-92)123-105-64-34-32-58-99(105)97-56-28-30-60-101(97)111-78-88(84-40-12-4-13-41-84)76-107(86-44-16-6-17-45-86)126(111)136(121)128(113)123/h4-83H,1-3H3/i36D,37D,38D,39D,62D,63D,66D,67D,68D,69D,70D,71D,72D,73D,74D,75D,80D,81D,82D,83D. The molecule has 0 saturated carbocycles. The Bertz CT molecular complexity index is 10100. The highest BCUT2D eigenvalue weighted by atomic mass is 15.2. The molecular formula is C130H89BN6. The zero-order valence-corrected chi connectivity index (χ0v) is 74.4. The van der Waals surface area contributed by atoms with Gasteiger partial charge in [-0.2, -0.15) is 0 Å². The van der Waals surface area contributed by atoms with Gasteiger partial charge in [-0.25, -0.2) is 0 Å². The van der Waals surface area contributed by atoms with Gasteiger partial charge >= 0.3 is 0 Å². The van der Waals surface area contributed by atoms with Crippen molar-refractivity contribution in [2.75, 3.05) is 9.80 Å². The van der Waals surface area contributed by atoms with E-state index in [0.29, 0.717) is 110 Å². The lowest BCUT2D eigenvalue weighted by molar-refractivity contribution is 0.589. The van der Waals surface area contributed by atoms with Crippen LogP contribution in [0.15, 0.2) is 485 Å². The Kier molecular flexibility index (Phi) is 14.1. The molecule has 2 aliphatic heterocycles. The Balaban J connectivity index is 0.970. The van der Waals surface area contributed by atoms with Crippen molar-refractivity contribution in [3.8, 4) is 67.3 Å². The number of anilines is 6. The summed E-state index contributed by atoms with van der Waals surface area (Å²) >= 11 is 0. The number of hydrogen-bond acceptors (Lipinski definition) is 2. The van der Waals surface area contributed by atoms with Crippen molar-refractivity contribution in [1.29, 1.82) is 0 Å². The quantitative estimate of drug-likeness (QED) is 0.114. The highest BCUT2D eigenvalue weighted by Gasteiger charge is 2.43. The van der Waals surface area contributed by atoms with Gasteiger partial charge in [0.1, 0.15) is 0 Å². The number of aromatic nitrogens is 4. The number of nitrogens with zero attached hydrogens (tertiary/aromatic N) is 6. The lowest BCUT2D eigenvalue weighted by Crippen LogP contribution is -2.60. The molecule has 7 heteroatoms. The van der Waals surface area contributed by atoms with Crippen LogP contribution in [0.2, 0.25) is 0 Å². The Morgan fingerprint density at radius 3 is 0.876 bits per heavy atom. The fraction of sp³-hybridized carbons (Fsp3) is 0.0308. The maximum atomic E-state index is 12.5. The lowest BCUT2D eigenvalue weighted by atomic mass is 9.34. The fourth-order valence-corrected chi connectivity index (χ4v) is 21.3. The summed E-state index contributed by atoms with van der Waals surface area (Å²) in [6.07, 6.45) is 0. The van der Waals surface area contributed by atoms with E-state index in [4.69, 9.17) is 0 Å². The van der Waals surface area contributed by atoms with Crippen molar-refractivity contribution < 1.29 is 27.4 Å². The number of fused-ring (bicyclic) bond motifs is 24. The molecular weight excluding hydrogens is 1660 g/mol. The first kappa shape index (κ1) is 61.3. The van der Waals surface area contributed by atoms with Crippen LogP contribution in [-0.2, 0) is 5.41 Å². The molecule has 0 fully saturated rings. The normalized spacial score (nSPS) is 14.2. The zero-order chi connectivity index (χ0) is 108. The molecule has 642 valence electrons. The van der Waals surface area contributed by atoms with Gasteiger partial charge in [-0.15, -0.1) is 0 Å². The summed E-state index contributed by atoms with van der Waals surface area (Å²) in [7, 11) is 0. The van der Waals surface area contributed by atoms with Crippen molar-refractivity contribution in [2.24, 2.45) is 0 Å². The van der Waals surface area contributed by atoms with Crippen LogP contribution in [0.25, 0.3) is 198 Å². The van der Waals surface area contributed by atoms with Crippen LogP contribution in [-0.4, -0.2) is 25.0 Å². The minimum Gasteiger partial charge on any atom is -0.310 e. The molecule has 4 aromatic heterocycles. The van der Waals surface area contributed by atoms with Crippen LogP contribution < -0.4 is 26.2 Å². The second kappa shape index (κ2) is 31.6. The van der Waals surface area contributed by atoms with E-state index in [0.717, 1.165) is 22.3 Å². The molecule has 6 nitrogen and oxygen atoms in total. The van der Waals surface area contributed by atoms with E-state index in [1.54, 1.807) is 107 Å². The first-order valence-electron chi connectivity index (χ1n) is 56.0. The molecule has 0 amide bonds. The summed E-state index contributed by atoms with van der Waals surface area (Å²) < 4.78 is 230. The van der Waals surface area contributed by atoms with Gasteiger partial charge in [-0.3, -0.25) is 0 Å². The van der Waals surface area contributed by atoms with Gasteiger partial charge < -0.3 is 28.1 Å². The number of para-hydroxylation sites is 6. The summed E-state index contributed by atoms with van der Waals surface area (Å²) in [6, 6.07) is 104. The van der Waals surface area contributed by atoms with Gasteiger partial charge in [0.25, 0.3) is 6.71 Å².